The standard InChI is InChI=1S/C18H14OS/c19-17-14-8-4-3-7-13(14)16-12-6-2-1-5-11(12)9-10-15(16)18(17)20/h1-9,13-15H,10H2. The maximum Gasteiger partial charge on any atom is 0.177 e. The summed E-state index contributed by atoms with van der Waals surface area (Å²) in [5.74, 6) is 0.348. The summed E-state index contributed by atoms with van der Waals surface area (Å²) < 4.78 is 0. The molecule has 3 aliphatic rings. The molecule has 0 bridgehead atoms. The third-order valence-electron chi connectivity index (χ3n) is 4.58. The van der Waals surface area contributed by atoms with Gasteiger partial charge in [0.2, 0.25) is 0 Å². The Labute approximate surface area is 123 Å². The highest BCUT2D eigenvalue weighted by atomic mass is 32.1. The lowest BCUT2D eigenvalue weighted by Gasteiger charge is -2.37. The largest absolute Gasteiger partial charge is 0.293 e. The van der Waals surface area contributed by atoms with E-state index in [2.05, 4.69) is 36.4 Å². The van der Waals surface area contributed by atoms with Gasteiger partial charge in [0.1, 0.15) is 0 Å². The number of hydrogen-bond acceptors (Lipinski definition) is 2. The first-order valence-electron chi connectivity index (χ1n) is 7.00. The van der Waals surface area contributed by atoms with Crippen LogP contribution in [0.1, 0.15) is 6.42 Å². The molecule has 0 heterocycles. The highest BCUT2D eigenvalue weighted by Crippen LogP contribution is 2.41. The molecule has 2 heteroatoms. The average Bonchev–Trinajstić information content (AvgIpc) is 2.51. The molecule has 1 saturated carbocycles. The van der Waals surface area contributed by atoms with Crippen LogP contribution in [-0.2, 0) is 4.79 Å². The van der Waals surface area contributed by atoms with E-state index >= 15 is 0 Å². The van der Waals surface area contributed by atoms with Gasteiger partial charge in [0.05, 0.1) is 10.8 Å². The van der Waals surface area contributed by atoms with Crippen molar-refractivity contribution in [1.82, 2.24) is 0 Å². The average molecular weight is 278 g/mol. The number of benzene rings is 1. The molecule has 98 valence electrons. The molecule has 0 N–H and O–H groups in total. The summed E-state index contributed by atoms with van der Waals surface area (Å²) in [6.45, 7) is 0. The van der Waals surface area contributed by atoms with Gasteiger partial charge in [-0.15, -0.1) is 0 Å². The first kappa shape index (κ1) is 12.0. The Kier molecular flexibility index (Phi) is 2.61. The van der Waals surface area contributed by atoms with Crippen LogP contribution < -0.4 is 10.4 Å². The van der Waals surface area contributed by atoms with E-state index in [9.17, 15) is 4.79 Å². The predicted octanol–water partition coefficient (Wildman–Crippen LogP) is 1.95. The monoisotopic (exact) mass is 278 g/mol. The third-order valence-corrected chi connectivity index (χ3v) is 5.06. The molecule has 1 aromatic carbocycles. The van der Waals surface area contributed by atoms with E-state index in [-0.39, 0.29) is 23.5 Å². The molecule has 0 spiro atoms. The van der Waals surface area contributed by atoms with Crippen LogP contribution >= 0.6 is 12.2 Å². The lowest BCUT2D eigenvalue weighted by atomic mass is 9.65. The number of Topliss-reactive ketones (excluding diaryl/α,β-unsaturated/α-hetero) is 1. The Hall–Kier alpha value is -1.80. The molecule has 0 saturated heterocycles. The maximum atomic E-state index is 12.5. The van der Waals surface area contributed by atoms with Crippen molar-refractivity contribution >= 4 is 34.5 Å². The van der Waals surface area contributed by atoms with Crippen LogP contribution in [0.3, 0.4) is 0 Å². The van der Waals surface area contributed by atoms with Gasteiger partial charge >= 0.3 is 0 Å². The van der Waals surface area contributed by atoms with Gasteiger partial charge < -0.3 is 0 Å². The zero-order chi connectivity index (χ0) is 13.7. The number of ketones is 1. The van der Waals surface area contributed by atoms with Crippen molar-refractivity contribution in [1.29, 1.82) is 0 Å². The Morgan fingerprint density at radius 1 is 1.05 bits per heavy atom. The third kappa shape index (κ3) is 1.55. The molecule has 3 atom stereocenters. The summed E-state index contributed by atoms with van der Waals surface area (Å²) in [6, 6.07) is 8.44. The molecule has 20 heavy (non-hydrogen) atoms. The molecule has 1 aromatic rings. The molecular weight excluding hydrogens is 264 g/mol. The van der Waals surface area contributed by atoms with E-state index in [1.165, 1.54) is 16.0 Å². The Morgan fingerprint density at radius 2 is 1.80 bits per heavy atom. The van der Waals surface area contributed by atoms with E-state index in [4.69, 9.17) is 12.2 Å². The number of thiocarbonyl (C=S) groups is 1. The molecular formula is C18H14OS. The van der Waals surface area contributed by atoms with Crippen molar-refractivity contribution < 1.29 is 4.79 Å². The summed E-state index contributed by atoms with van der Waals surface area (Å²) in [6.07, 6.45) is 11.2. The number of rotatable bonds is 0. The second-order valence-corrected chi connectivity index (χ2v) is 6.02. The fourth-order valence-electron chi connectivity index (χ4n) is 3.65. The molecule has 4 rings (SSSR count). The predicted molar refractivity (Wildman–Crippen MR) is 84.5 cm³/mol. The van der Waals surface area contributed by atoms with E-state index in [1.807, 2.05) is 18.2 Å². The van der Waals surface area contributed by atoms with Crippen LogP contribution in [0.4, 0.5) is 0 Å². The molecule has 1 fully saturated rings. The van der Waals surface area contributed by atoms with Crippen molar-refractivity contribution in [2.24, 2.45) is 17.8 Å². The Balaban J connectivity index is 2.05. The van der Waals surface area contributed by atoms with Gasteiger partial charge in [0.25, 0.3) is 0 Å². The second-order valence-electron chi connectivity index (χ2n) is 5.58. The van der Waals surface area contributed by atoms with E-state index in [1.54, 1.807) is 0 Å². The number of carbonyl (C=O) groups excluding carboxylic acids is 1. The number of fused-ring (bicyclic) bond motifs is 4. The Bertz CT molecular complexity index is 797. The molecule has 3 unspecified atom stereocenters. The summed E-state index contributed by atoms with van der Waals surface area (Å²) in [5, 5.41) is 2.55. The molecule has 1 nitrogen and oxygen atoms in total. The van der Waals surface area contributed by atoms with E-state index in [0.29, 0.717) is 4.86 Å². The summed E-state index contributed by atoms with van der Waals surface area (Å²) in [5.41, 5.74) is 1.35. The molecule has 0 aliphatic heterocycles. The van der Waals surface area contributed by atoms with Crippen molar-refractivity contribution in [3.05, 3.63) is 59.0 Å². The van der Waals surface area contributed by atoms with Crippen LogP contribution in [0.5, 0.6) is 0 Å². The minimum Gasteiger partial charge on any atom is -0.293 e. The minimum absolute atomic E-state index is 0.0927. The number of hydrogen-bond donors (Lipinski definition) is 0. The van der Waals surface area contributed by atoms with Crippen LogP contribution in [0.2, 0.25) is 0 Å². The SMILES string of the molecule is O=C1C(=S)C2CC=c3ccccc3=C2C2C=CC=CC12. The van der Waals surface area contributed by atoms with Gasteiger partial charge in [0.15, 0.2) is 5.78 Å². The fourth-order valence-corrected chi connectivity index (χ4v) is 4.01. The topological polar surface area (TPSA) is 17.1 Å². The van der Waals surface area contributed by atoms with Gasteiger partial charge in [-0.25, -0.2) is 0 Å². The molecule has 3 aliphatic carbocycles. The smallest absolute Gasteiger partial charge is 0.177 e. The quantitative estimate of drug-likeness (QED) is 0.675. The zero-order valence-electron chi connectivity index (χ0n) is 11.0. The van der Waals surface area contributed by atoms with Crippen LogP contribution in [0.15, 0.2) is 48.6 Å². The van der Waals surface area contributed by atoms with Crippen molar-refractivity contribution in [3.8, 4) is 0 Å². The van der Waals surface area contributed by atoms with Gasteiger partial charge in [0, 0.05) is 11.8 Å². The highest BCUT2D eigenvalue weighted by Gasteiger charge is 2.42. The van der Waals surface area contributed by atoms with Crippen molar-refractivity contribution in [2.75, 3.05) is 0 Å². The minimum atomic E-state index is -0.0927. The first-order chi connectivity index (χ1) is 9.77. The second kappa shape index (κ2) is 4.35. The fraction of sp³-hybridized carbons (Fsp3) is 0.222. The lowest BCUT2D eigenvalue weighted by molar-refractivity contribution is -0.116. The van der Waals surface area contributed by atoms with E-state index in [0.717, 1.165) is 6.42 Å². The van der Waals surface area contributed by atoms with Gasteiger partial charge in [-0.1, -0.05) is 66.9 Å². The van der Waals surface area contributed by atoms with Gasteiger partial charge in [-0.05, 0) is 22.4 Å². The highest BCUT2D eigenvalue weighted by molar-refractivity contribution is 7.82. The number of allylic oxidation sites excluding steroid dienone is 4. The summed E-state index contributed by atoms with van der Waals surface area (Å²) in [7, 11) is 0. The van der Waals surface area contributed by atoms with Crippen molar-refractivity contribution in [2.45, 2.75) is 6.42 Å². The zero-order valence-corrected chi connectivity index (χ0v) is 11.8. The van der Waals surface area contributed by atoms with Crippen molar-refractivity contribution in [3.63, 3.8) is 0 Å². The molecule has 0 aromatic heterocycles. The lowest BCUT2D eigenvalue weighted by Crippen LogP contribution is -2.47. The molecule has 0 amide bonds. The van der Waals surface area contributed by atoms with Gasteiger partial charge in [-0.2, -0.15) is 0 Å². The van der Waals surface area contributed by atoms with Crippen LogP contribution in [0, 0.1) is 17.8 Å². The summed E-state index contributed by atoms with van der Waals surface area (Å²) in [4.78, 5) is 13.1. The Morgan fingerprint density at radius 3 is 2.65 bits per heavy atom. The summed E-state index contributed by atoms with van der Waals surface area (Å²) >= 11 is 5.48. The normalized spacial score (nSPS) is 30.4. The maximum absolute atomic E-state index is 12.5. The van der Waals surface area contributed by atoms with Crippen LogP contribution in [0.25, 0.3) is 11.6 Å². The molecule has 0 radical (unpaired) electrons. The first-order valence-corrected chi connectivity index (χ1v) is 7.40. The number of carbonyl (C=O) groups is 1. The van der Waals surface area contributed by atoms with Gasteiger partial charge in [-0.3, -0.25) is 4.79 Å². The van der Waals surface area contributed by atoms with E-state index < -0.39 is 0 Å². The van der Waals surface area contributed by atoms with Crippen LogP contribution in [-0.4, -0.2) is 10.6 Å².